The van der Waals surface area contributed by atoms with Gasteiger partial charge in [0.2, 0.25) is 0 Å². The van der Waals surface area contributed by atoms with E-state index < -0.39 is 0 Å². The minimum Gasteiger partial charge on any atom is -0.506 e. The zero-order valence-electron chi connectivity index (χ0n) is 15.0. The molecule has 1 aliphatic carbocycles. The third-order valence-corrected chi connectivity index (χ3v) is 5.82. The van der Waals surface area contributed by atoms with Crippen LogP contribution in [0.4, 0.5) is 0 Å². The SMILES string of the molecule is Cc1cc2c(O)c(-c3ccccc3)c(=O)n3c4c(c(c1)c23)CC(C)CC4. The van der Waals surface area contributed by atoms with Crippen LogP contribution in [0.25, 0.3) is 27.4 Å². The van der Waals surface area contributed by atoms with Gasteiger partial charge in [-0.25, -0.2) is 0 Å². The number of aromatic nitrogens is 1. The maximum atomic E-state index is 13.5. The molecule has 0 saturated heterocycles. The predicted molar refractivity (Wildman–Crippen MR) is 105 cm³/mol. The van der Waals surface area contributed by atoms with E-state index in [1.54, 1.807) is 0 Å². The van der Waals surface area contributed by atoms with Crippen molar-refractivity contribution in [1.82, 2.24) is 4.40 Å². The highest BCUT2D eigenvalue weighted by atomic mass is 16.3. The third-order valence-electron chi connectivity index (χ3n) is 5.82. The molecule has 3 heteroatoms. The second-order valence-corrected chi connectivity index (χ2v) is 7.71. The highest BCUT2D eigenvalue weighted by Gasteiger charge is 2.27. The van der Waals surface area contributed by atoms with Gasteiger partial charge in [0.05, 0.1) is 11.1 Å². The Morgan fingerprint density at radius 3 is 2.62 bits per heavy atom. The molecule has 26 heavy (non-hydrogen) atoms. The number of hydrogen-bond donors (Lipinski definition) is 1. The van der Waals surface area contributed by atoms with Gasteiger partial charge in [-0.3, -0.25) is 9.20 Å². The molecule has 2 aromatic heterocycles. The lowest BCUT2D eigenvalue weighted by Gasteiger charge is -2.19. The minimum absolute atomic E-state index is 0.102. The average molecular weight is 343 g/mol. The first-order valence-corrected chi connectivity index (χ1v) is 9.26. The lowest BCUT2D eigenvalue weighted by Crippen LogP contribution is -2.20. The second kappa shape index (κ2) is 5.34. The summed E-state index contributed by atoms with van der Waals surface area (Å²) in [6, 6.07) is 13.7. The molecule has 4 aromatic rings. The van der Waals surface area contributed by atoms with Crippen LogP contribution in [0, 0.1) is 12.8 Å². The first-order valence-electron chi connectivity index (χ1n) is 9.26. The molecule has 0 saturated carbocycles. The Bertz CT molecular complexity index is 1200. The maximum Gasteiger partial charge on any atom is 0.267 e. The van der Waals surface area contributed by atoms with Crippen molar-refractivity contribution in [1.29, 1.82) is 0 Å². The fourth-order valence-electron chi connectivity index (χ4n) is 4.62. The summed E-state index contributed by atoms with van der Waals surface area (Å²) in [7, 11) is 0. The summed E-state index contributed by atoms with van der Waals surface area (Å²) in [6.45, 7) is 4.33. The zero-order chi connectivity index (χ0) is 18.0. The normalized spacial score (nSPS) is 17.1. The molecule has 1 N–H and O–H groups in total. The van der Waals surface area contributed by atoms with E-state index in [0.29, 0.717) is 11.5 Å². The Morgan fingerprint density at radius 2 is 1.85 bits per heavy atom. The quantitative estimate of drug-likeness (QED) is 0.544. The number of hydrogen-bond acceptors (Lipinski definition) is 2. The van der Waals surface area contributed by atoms with Gasteiger partial charge in [0, 0.05) is 16.5 Å². The van der Waals surface area contributed by atoms with Crippen LogP contribution in [0.15, 0.2) is 47.3 Å². The van der Waals surface area contributed by atoms with Crippen LogP contribution in [-0.4, -0.2) is 9.51 Å². The molecule has 5 rings (SSSR count). The molecule has 2 aromatic carbocycles. The molecular formula is C23H21NO2. The number of fused-ring (bicyclic) bond motifs is 3. The maximum absolute atomic E-state index is 13.5. The van der Waals surface area contributed by atoms with Gasteiger partial charge in [0.1, 0.15) is 5.75 Å². The lowest BCUT2D eigenvalue weighted by atomic mass is 9.87. The Hall–Kier alpha value is -2.81. The topological polar surface area (TPSA) is 41.7 Å². The first kappa shape index (κ1) is 15.4. The summed E-state index contributed by atoms with van der Waals surface area (Å²) < 4.78 is 1.88. The molecule has 0 bridgehead atoms. The van der Waals surface area contributed by atoms with Gasteiger partial charge in [-0.2, -0.15) is 0 Å². The van der Waals surface area contributed by atoms with Gasteiger partial charge in [0.25, 0.3) is 5.56 Å². The molecule has 0 fully saturated rings. The number of aryl methyl sites for hydroxylation is 2. The molecule has 0 radical (unpaired) electrons. The van der Waals surface area contributed by atoms with E-state index in [-0.39, 0.29) is 11.3 Å². The molecule has 0 amide bonds. The van der Waals surface area contributed by atoms with E-state index in [9.17, 15) is 9.90 Å². The molecule has 3 nitrogen and oxygen atoms in total. The Balaban J connectivity index is 2.01. The largest absolute Gasteiger partial charge is 0.506 e. The highest BCUT2D eigenvalue weighted by molar-refractivity contribution is 6.05. The van der Waals surface area contributed by atoms with Crippen molar-refractivity contribution >= 4 is 16.3 Å². The fraction of sp³-hybridized carbons (Fsp3) is 0.261. The molecule has 1 unspecified atom stereocenters. The average Bonchev–Trinajstić information content (AvgIpc) is 2.95. The molecule has 130 valence electrons. The van der Waals surface area contributed by atoms with Gasteiger partial charge in [-0.05, 0) is 60.9 Å². The molecule has 2 heterocycles. The van der Waals surface area contributed by atoms with Crippen LogP contribution in [0.5, 0.6) is 5.75 Å². The highest BCUT2D eigenvalue weighted by Crippen LogP contribution is 2.41. The summed E-state index contributed by atoms with van der Waals surface area (Å²) in [5.74, 6) is 0.724. The number of pyridine rings is 1. The monoisotopic (exact) mass is 343 g/mol. The van der Waals surface area contributed by atoms with Crippen LogP contribution in [0.2, 0.25) is 0 Å². The van der Waals surface area contributed by atoms with E-state index in [1.165, 1.54) is 5.56 Å². The Morgan fingerprint density at radius 1 is 1.12 bits per heavy atom. The van der Waals surface area contributed by atoms with Crippen LogP contribution in [0.3, 0.4) is 0 Å². The van der Waals surface area contributed by atoms with E-state index in [0.717, 1.165) is 52.4 Å². The minimum atomic E-state index is -0.106. The molecular weight excluding hydrogens is 322 g/mol. The first-order chi connectivity index (χ1) is 12.6. The van der Waals surface area contributed by atoms with Crippen molar-refractivity contribution in [3.63, 3.8) is 0 Å². The van der Waals surface area contributed by atoms with Crippen molar-refractivity contribution < 1.29 is 5.11 Å². The van der Waals surface area contributed by atoms with E-state index in [4.69, 9.17) is 0 Å². The van der Waals surface area contributed by atoms with Crippen molar-refractivity contribution in [2.75, 3.05) is 0 Å². The van der Waals surface area contributed by atoms with Crippen LogP contribution >= 0.6 is 0 Å². The van der Waals surface area contributed by atoms with Gasteiger partial charge < -0.3 is 5.11 Å². The zero-order valence-corrected chi connectivity index (χ0v) is 15.0. The van der Waals surface area contributed by atoms with E-state index in [2.05, 4.69) is 19.9 Å². The number of aromatic hydroxyl groups is 1. The number of rotatable bonds is 1. The summed E-state index contributed by atoms with van der Waals surface area (Å²) >= 11 is 0. The van der Waals surface area contributed by atoms with Gasteiger partial charge in [-0.15, -0.1) is 0 Å². The lowest BCUT2D eigenvalue weighted by molar-refractivity contribution is 0.481. The van der Waals surface area contributed by atoms with Gasteiger partial charge >= 0.3 is 0 Å². The summed E-state index contributed by atoms with van der Waals surface area (Å²) in [5, 5.41) is 12.9. The van der Waals surface area contributed by atoms with E-state index in [1.807, 2.05) is 40.8 Å². The molecule has 1 aliphatic rings. The Kier molecular flexibility index (Phi) is 3.17. The number of benzene rings is 2. The van der Waals surface area contributed by atoms with Gasteiger partial charge in [0.15, 0.2) is 0 Å². The molecule has 0 aliphatic heterocycles. The standard InChI is InChI=1S/C23H21NO2/c1-13-8-9-19-16(10-13)17-11-14(2)12-18-21(17)24(19)23(26)20(22(18)25)15-6-4-3-5-7-15/h3-7,11-13,25H,8-10H2,1-2H3. The van der Waals surface area contributed by atoms with E-state index >= 15 is 0 Å². The summed E-state index contributed by atoms with van der Waals surface area (Å²) in [5.41, 5.74) is 5.49. The second-order valence-electron chi connectivity index (χ2n) is 7.71. The Labute approximate surface area is 151 Å². The summed E-state index contributed by atoms with van der Waals surface area (Å²) in [6.07, 6.45) is 3.01. The van der Waals surface area contributed by atoms with Crippen molar-refractivity contribution in [2.24, 2.45) is 5.92 Å². The number of nitrogens with zero attached hydrogens (tertiary/aromatic N) is 1. The van der Waals surface area contributed by atoms with Crippen molar-refractivity contribution in [3.05, 3.63) is 69.6 Å². The third kappa shape index (κ3) is 1.97. The molecule has 0 spiro atoms. The predicted octanol–water partition coefficient (Wildman–Crippen LogP) is 4.70. The van der Waals surface area contributed by atoms with Crippen molar-refractivity contribution in [2.45, 2.75) is 33.1 Å². The van der Waals surface area contributed by atoms with Crippen LogP contribution in [0.1, 0.15) is 30.2 Å². The summed E-state index contributed by atoms with van der Waals surface area (Å²) in [4.78, 5) is 13.5. The van der Waals surface area contributed by atoms with Crippen LogP contribution < -0.4 is 5.56 Å². The smallest absolute Gasteiger partial charge is 0.267 e. The molecule has 1 atom stereocenters. The fourth-order valence-corrected chi connectivity index (χ4v) is 4.62. The van der Waals surface area contributed by atoms with Crippen LogP contribution in [-0.2, 0) is 12.8 Å². The van der Waals surface area contributed by atoms with Gasteiger partial charge in [-0.1, -0.05) is 37.3 Å². The van der Waals surface area contributed by atoms with Crippen molar-refractivity contribution in [3.8, 4) is 16.9 Å².